The van der Waals surface area contributed by atoms with Crippen LogP contribution in [0.4, 0.5) is 10.5 Å². The first kappa shape index (κ1) is 25.4. The summed E-state index contributed by atoms with van der Waals surface area (Å²) in [5.74, 6) is -0.412. The van der Waals surface area contributed by atoms with E-state index in [1.165, 1.54) is 13.2 Å². The van der Waals surface area contributed by atoms with Gasteiger partial charge in [-0.1, -0.05) is 47.5 Å². The number of nitrogens with zero attached hydrogens (tertiary/aromatic N) is 1. The summed E-state index contributed by atoms with van der Waals surface area (Å²) in [5.41, 5.74) is 4.75. The van der Waals surface area contributed by atoms with Gasteiger partial charge in [0, 0.05) is 0 Å². The average molecular weight is 596 g/mol. The molecule has 1 N–H and O–H groups in total. The highest BCUT2D eigenvalue weighted by Crippen LogP contribution is 2.36. The van der Waals surface area contributed by atoms with E-state index in [1.54, 1.807) is 18.2 Å². The van der Waals surface area contributed by atoms with Crippen LogP contribution in [0.15, 0.2) is 60.2 Å². The van der Waals surface area contributed by atoms with E-state index in [9.17, 15) is 14.4 Å². The number of barbiturate groups is 1. The Morgan fingerprint density at radius 3 is 2.42 bits per heavy atom. The molecular weight excluding hydrogens is 571 g/mol. The number of halogens is 1. The monoisotopic (exact) mass is 596 g/mol. The molecule has 1 aliphatic rings. The predicted molar refractivity (Wildman–Crippen MR) is 146 cm³/mol. The van der Waals surface area contributed by atoms with Crippen molar-refractivity contribution in [2.75, 3.05) is 12.0 Å². The molecule has 0 spiro atoms. The number of nitrogens with one attached hydrogen (secondary N) is 1. The van der Waals surface area contributed by atoms with Crippen molar-refractivity contribution in [1.29, 1.82) is 0 Å². The molecule has 184 valence electrons. The van der Waals surface area contributed by atoms with Crippen LogP contribution in [0.5, 0.6) is 11.5 Å². The fourth-order valence-corrected chi connectivity index (χ4v) is 4.80. The van der Waals surface area contributed by atoms with Crippen LogP contribution in [0.25, 0.3) is 6.08 Å². The molecule has 0 radical (unpaired) electrons. The van der Waals surface area contributed by atoms with E-state index in [0.717, 1.165) is 30.7 Å². The summed E-state index contributed by atoms with van der Waals surface area (Å²) in [5, 5.41) is 2.27. The quantitative estimate of drug-likeness (QED) is 0.232. The zero-order valence-corrected chi connectivity index (χ0v) is 22.5. The van der Waals surface area contributed by atoms with E-state index in [0.29, 0.717) is 29.4 Å². The summed E-state index contributed by atoms with van der Waals surface area (Å²) in [6.45, 7) is 6.12. The summed E-state index contributed by atoms with van der Waals surface area (Å²) in [6, 6.07) is 16.1. The van der Waals surface area contributed by atoms with Crippen LogP contribution in [0.3, 0.4) is 0 Å². The van der Waals surface area contributed by atoms with Crippen molar-refractivity contribution in [3.63, 3.8) is 0 Å². The third-order valence-electron chi connectivity index (χ3n) is 5.72. The Kier molecular flexibility index (Phi) is 7.44. The molecule has 1 heterocycles. The number of aryl methyl sites for hydroxylation is 3. The standard InChI is InChI=1S/C28H25IN2O5/c1-16-6-5-7-19(11-16)15-36-25-22(29)13-20(14-24(25)35-4)12-21-26(32)30-28(34)31(27(21)33)23-9-8-17(2)10-18(23)3/h5-14H,15H2,1-4H3,(H,30,32,34)/b21-12+. The molecule has 1 aliphatic heterocycles. The summed E-state index contributed by atoms with van der Waals surface area (Å²) in [4.78, 5) is 39.5. The average Bonchev–Trinajstić information content (AvgIpc) is 2.82. The maximum absolute atomic E-state index is 13.3. The molecule has 7 nitrogen and oxygen atoms in total. The summed E-state index contributed by atoms with van der Waals surface area (Å²) >= 11 is 2.13. The lowest BCUT2D eigenvalue weighted by atomic mass is 10.0. The van der Waals surface area contributed by atoms with E-state index >= 15 is 0 Å². The smallest absolute Gasteiger partial charge is 0.335 e. The lowest BCUT2D eigenvalue weighted by molar-refractivity contribution is -0.122. The summed E-state index contributed by atoms with van der Waals surface area (Å²) in [6.07, 6.45) is 1.45. The van der Waals surface area contributed by atoms with Gasteiger partial charge in [-0.3, -0.25) is 14.9 Å². The van der Waals surface area contributed by atoms with Crippen molar-refractivity contribution in [3.05, 3.63) is 91.6 Å². The van der Waals surface area contributed by atoms with Gasteiger partial charge in [-0.15, -0.1) is 0 Å². The minimum Gasteiger partial charge on any atom is -0.493 e. The third kappa shape index (κ3) is 5.28. The Morgan fingerprint density at radius 2 is 1.72 bits per heavy atom. The second-order valence-corrected chi connectivity index (χ2v) is 9.72. The van der Waals surface area contributed by atoms with Crippen molar-refractivity contribution in [3.8, 4) is 11.5 Å². The second kappa shape index (κ2) is 10.5. The highest BCUT2D eigenvalue weighted by atomic mass is 127. The number of amides is 4. The number of ether oxygens (including phenoxy) is 2. The number of imide groups is 2. The van der Waals surface area contributed by atoms with Crippen LogP contribution in [0, 0.1) is 24.3 Å². The minimum atomic E-state index is -0.777. The van der Waals surface area contributed by atoms with Gasteiger partial charge in [0.25, 0.3) is 11.8 Å². The van der Waals surface area contributed by atoms with Gasteiger partial charge in [0.15, 0.2) is 11.5 Å². The van der Waals surface area contributed by atoms with Crippen LogP contribution in [0.2, 0.25) is 0 Å². The largest absolute Gasteiger partial charge is 0.493 e. The molecular formula is C28H25IN2O5. The Morgan fingerprint density at radius 1 is 0.972 bits per heavy atom. The molecule has 4 amide bonds. The Labute approximate surface area is 223 Å². The van der Waals surface area contributed by atoms with Crippen molar-refractivity contribution in [2.24, 2.45) is 0 Å². The number of anilines is 1. The van der Waals surface area contributed by atoms with Gasteiger partial charge in [-0.2, -0.15) is 0 Å². The summed E-state index contributed by atoms with van der Waals surface area (Å²) in [7, 11) is 1.53. The zero-order valence-electron chi connectivity index (χ0n) is 20.3. The predicted octanol–water partition coefficient (Wildman–Crippen LogP) is 5.47. The molecule has 0 atom stereocenters. The van der Waals surface area contributed by atoms with Crippen LogP contribution >= 0.6 is 22.6 Å². The van der Waals surface area contributed by atoms with Gasteiger partial charge in [0.1, 0.15) is 12.2 Å². The van der Waals surface area contributed by atoms with Gasteiger partial charge in [-0.25, -0.2) is 9.69 Å². The van der Waals surface area contributed by atoms with Crippen LogP contribution in [-0.2, 0) is 16.2 Å². The minimum absolute atomic E-state index is 0.152. The molecule has 0 bridgehead atoms. The fraction of sp³-hybridized carbons (Fsp3) is 0.179. The molecule has 3 aromatic rings. The van der Waals surface area contributed by atoms with E-state index in [1.807, 2.05) is 57.2 Å². The SMILES string of the molecule is COc1cc(/C=C2\C(=O)NC(=O)N(c3ccc(C)cc3C)C2=O)cc(I)c1OCc1cccc(C)c1. The van der Waals surface area contributed by atoms with Crippen molar-refractivity contribution < 1.29 is 23.9 Å². The lowest BCUT2D eigenvalue weighted by Crippen LogP contribution is -2.54. The maximum Gasteiger partial charge on any atom is 0.335 e. The number of rotatable bonds is 6. The first-order valence-corrected chi connectivity index (χ1v) is 12.3. The molecule has 0 saturated carbocycles. The van der Waals surface area contributed by atoms with Gasteiger partial charge in [0.2, 0.25) is 0 Å². The molecule has 0 aromatic heterocycles. The van der Waals surface area contributed by atoms with E-state index in [2.05, 4.69) is 27.9 Å². The van der Waals surface area contributed by atoms with Gasteiger partial charge in [0.05, 0.1) is 16.4 Å². The lowest BCUT2D eigenvalue weighted by Gasteiger charge is -2.27. The molecule has 1 saturated heterocycles. The number of urea groups is 1. The maximum atomic E-state index is 13.3. The second-order valence-electron chi connectivity index (χ2n) is 8.56. The Balaban J connectivity index is 1.66. The van der Waals surface area contributed by atoms with Gasteiger partial charge < -0.3 is 9.47 Å². The zero-order chi connectivity index (χ0) is 26.0. The van der Waals surface area contributed by atoms with Gasteiger partial charge >= 0.3 is 6.03 Å². The number of methoxy groups -OCH3 is 1. The van der Waals surface area contributed by atoms with Crippen LogP contribution in [0.1, 0.15) is 27.8 Å². The molecule has 8 heteroatoms. The number of benzene rings is 3. The fourth-order valence-electron chi connectivity index (χ4n) is 4.02. The first-order valence-electron chi connectivity index (χ1n) is 11.2. The molecule has 0 unspecified atom stereocenters. The van der Waals surface area contributed by atoms with Crippen LogP contribution < -0.4 is 19.7 Å². The number of carbonyl (C=O) groups excluding carboxylic acids is 3. The number of hydrogen-bond acceptors (Lipinski definition) is 5. The number of hydrogen-bond donors (Lipinski definition) is 1. The Bertz CT molecular complexity index is 1410. The van der Waals surface area contributed by atoms with Crippen molar-refractivity contribution in [1.82, 2.24) is 5.32 Å². The third-order valence-corrected chi connectivity index (χ3v) is 6.52. The molecule has 4 rings (SSSR count). The van der Waals surface area contributed by atoms with E-state index < -0.39 is 17.8 Å². The molecule has 1 fully saturated rings. The molecule has 36 heavy (non-hydrogen) atoms. The van der Waals surface area contributed by atoms with Crippen LogP contribution in [-0.4, -0.2) is 25.0 Å². The highest BCUT2D eigenvalue weighted by Gasteiger charge is 2.37. The van der Waals surface area contributed by atoms with E-state index in [4.69, 9.17) is 9.47 Å². The molecule has 3 aromatic carbocycles. The van der Waals surface area contributed by atoms with Crippen molar-refractivity contribution in [2.45, 2.75) is 27.4 Å². The van der Waals surface area contributed by atoms with Gasteiger partial charge in [-0.05, 0) is 84.3 Å². The first-order chi connectivity index (χ1) is 17.2. The van der Waals surface area contributed by atoms with Crippen molar-refractivity contribution >= 4 is 52.2 Å². The molecule has 0 aliphatic carbocycles. The number of carbonyl (C=O) groups is 3. The highest BCUT2D eigenvalue weighted by molar-refractivity contribution is 14.1. The Hall–Kier alpha value is -3.66. The summed E-state index contributed by atoms with van der Waals surface area (Å²) < 4.78 is 12.3. The normalized spacial score (nSPS) is 14.8. The topological polar surface area (TPSA) is 84.9 Å². The van der Waals surface area contributed by atoms with E-state index in [-0.39, 0.29) is 5.57 Å².